The molecule has 2 aliphatic rings. The maximum atomic E-state index is 13.1. The third kappa shape index (κ3) is 3.08. The summed E-state index contributed by atoms with van der Waals surface area (Å²) >= 11 is 5.81. The summed E-state index contributed by atoms with van der Waals surface area (Å²) in [4.78, 5) is 4.97. The van der Waals surface area contributed by atoms with E-state index in [2.05, 4.69) is 15.1 Å². The highest BCUT2D eigenvalue weighted by Gasteiger charge is 2.27. The van der Waals surface area contributed by atoms with Crippen LogP contribution < -0.4 is 5.32 Å². The van der Waals surface area contributed by atoms with Gasteiger partial charge in [-0.05, 0) is 17.7 Å². The minimum Gasteiger partial charge on any atom is -0.314 e. The molecule has 0 spiro atoms. The van der Waals surface area contributed by atoms with Crippen LogP contribution in [0.3, 0.4) is 0 Å². The maximum absolute atomic E-state index is 13.1. The molecule has 0 unspecified atom stereocenters. The van der Waals surface area contributed by atoms with Gasteiger partial charge in [0.1, 0.15) is 5.82 Å². The van der Waals surface area contributed by atoms with E-state index in [-0.39, 0.29) is 10.8 Å². The third-order valence-corrected chi connectivity index (χ3v) is 4.36. The third-order valence-electron chi connectivity index (χ3n) is 4.07. The minimum atomic E-state index is -0.340. The number of hydrogen-bond donors (Lipinski definition) is 1. The fourth-order valence-corrected chi connectivity index (χ4v) is 2.92. The molecule has 1 aromatic rings. The van der Waals surface area contributed by atoms with Crippen molar-refractivity contribution in [2.24, 2.45) is 0 Å². The molecule has 0 bridgehead atoms. The Hall–Kier alpha value is -0.680. The second-order valence-electron chi connectivity index (χ2n) is 5.37. The lowest BCUT2D eigenvalue weighted by atomic mass is 10.1. The molecule has 2 aliphatic heterocycles. The Morgan fingerprint density at radius 2 is 1.95 bits per heavy atom. The summed E-state index contributed by atoms with van der Waals surface area (Å²) in [5, 5.41) is 3.53. The van der Waals surface area contributed by atoms with Gasteiger partial charge in [-0.1, -0.05) is 17.7 Å². The Bertz CT molecular complexity index is 442. The van der Waals surface area contributed by atoms with E-state index in [0.29, 0.717) is 0 Å². The fraction of sp³-hybridized carbons (Fsp3) is 0.571. The van der Waals surface area contributed by atoms with Crippen LogP contribution in [0.4, 0.5) is 4.39 Å². The summed E-state index contributed by atoms with van der Waals surface area (Å²) in [5.41, 5.74) is 1.09. The summed E-state index contributed by atoms with van der Waals surface area (Å²) in [6.07, 6.45) is 0. The van der Waals surface area contributed by atoms with Crippen molar-refractivity contribution in [3.63, 3.8) is 0 Å². The van der Waals surface area contributed by atoms with Gasteiger partial charge in [0.15, 0.2) is 0 Å². The van der Waals surface area contributed by atoms with E-state index in [1.807, 2.05) is 6.07 Å². The van der Waals surface area contributed by atoms with E-state index in [9.17, 15) is 4.39 Å². The van der Waals surface area contributed by atoms with Crippen LogP contribution in [-0.4, -0.2) is 55.1 Å². The van der Waals surface area contributed by atoms with Crippen LogP contribution in [0.2, 0.25) is 5.02 Å². The van der Waals surface area contributed by atoms with Crippen LogP contribution >= 0.6 is 11.6 Å². The molecule has 0 radical (unpaired) electrons. The topological polar surface area (TPSA) is 18.5 Å². The molecule has 1 N–H and O–H groups in total. The van der Waals surface area contributed by atoms with Crippen molar-refractivity contribution < 1.29 is 4.39 Å². The molecule has 0 atom stereocenters. The predicted molar refractivity (Wildman–Crippen MR) is 74.9 cm³/mol. The zero-order valence-electron chi connectivity index (χ0n) is 10.9. The number of rotatable bonds is 3. The highest BCUT2D eigenvalue weighted by atomic mass is 35.5. The number of benzene rings is 1. The Morgan fingerprint density at radius 3 is 2.53 bits per heavy atom. The van der Waals surface area contributed by atoms with Gasteiger partial charge in [-0.15, -0.1) is 0 Å². The molecule has 0 aromatic heterocycles. The minimum absolute atomic E-state index is 0.219. The first-order valence-corrected chi connectivity index (χ1v) is 7.21. The molecule has 3 rings (SSSR count). The largest absolute Gasteiger partial charge is 0.314 e. The normalized spacial score (nSPS) is 22.4. The lowest BCUT2D eigenvalue weighted by Crippen LogP contribution is -2.61. The van der Waals surface area contributed by atoms with Crippen LogP contribution in [-0.2, 0) is 6.54 Å². The molecule has 1 aromatic carbocycles. The Morgan fingerprint density at radius 1 is 1.21 bits per heavy atom. The highest BCUT2D eigenvalue weighted by Crippen LogP contribution is 2.18. The first-order valence-electron chi connectivity index (χ1n) is 6.83. The first kappa shape index (κ1) is 13.3. The highest BCUT2D eigenvalue weighted by molar-refractivity contribution is 6.30. The van der Waals surface area contributed by atoms with E-state index < -0.39 is 0 Å². The van der Waals surface area contributed by atoms with Crippen LogP contribution in [0.5, 0.6) is 0 Å². The van der Waals surface area contributed by atoms with Gasteiger partial charge in [0, 0.05) is 51.9 Å². The zero-order valence-corrected chi connectivity index (χ0v) is 11.7. The Kier molecular flexibility index (Phi) is 4.03. The number of nitrogens with one attached hydrogen (secondary N) is 1. The van der Waals surface area contributed by atoms with Gasteiger partial charge in [-0.25, -0.2) is 4.39 Å². The van der Waals surface area contributed by atoms with Crippen LogP contribution in [0.25, 0.3) is 0 Å². The maximum Gasteiger partial charge on any atom is 0.141 e. The molecule has 3 nitrogen and oxygen atoms in total. The molecule has 104 valence electrons. The Balaban J connectivity index is 1.52. The van der Waals surface area contributed by atoms with Gasteiger partial charge in [-0.2, -0.15) is 0 Å². The van der Waals surface area contributed by atoms with Crippen LogP contribution in [0.15, 0.2) is 18.2 Å². The van der Waals surface area contributed by atoms with E-state index >= 15 is 0 Å². The predicted octanol–water partition coefficient (Wildman–Crippen LogP) is 1.57. The van der Waals surface area contributed by atoms with E-state index in [0.717, 1.165) is 57.4 Å². The molecule has 5 heteroatoms. The van der Waals surface area contributed by atoms with Crippen LogP contribution in [0.1, 0.15) is 5.56 Å². The smallest absolute Gasteiger partial charge is 0.141 e. The molecule has 19 heavy (non-hydrogen) atoms. The molecular weight excluding hydrogens is 265 g/mol. The molecular formula is C14H19ClFN3. The van der Waals surface area contributed by atoms with E-state index in [1.54, 1.807) is 6.07 Å². The average molecular weight is 284 g/mol. The Labute approximate surface area is 118 Å². The summed E-state index contributed by atoms with van der Waals surface area (Å²) in [6, 6.07) is 5.75. The SMILES string of the molecule is Fc1ccc(CN2CCN(C3CNC3)CC2)cc1Cl. The van der Waals surface area contributed by atoms with Crippen molar-refractivity contribution in [1.29, 1.82) is 0 Å². The molecule has 0 saturated carbocycles. The summed E-state index contributed by atoms with van der Waals surface area (Å²) in [6.45, 7) is 7.53. The number of halogens is 2. The van der Waals surface area contributed by atoms with Crippen molar-refractivity contribution in [3.05, 3.63) is 34.6 Å². The first-order chi connectivity index (χ1) is 9.22. The lowest BCUT2D eigenvalue weighted by Gasteiger charge is -2.43. The van der Waals surface area contributed by atoms with E-state index in [4.69, 9.17) is 11.6 Å². The van der Waals surface area contributed by atoms with Crippen molar-refractivity contribution in [1.82, 2.24) is 15.1 Å². The summed E-state index contributed by atoms with van der Waals surface area (Å²) in [5.74, 6) is -0.340. The van der Waals surface area contributed by atoms with Crippen LogP contribution in [0, 0.1) is 5.82 Å². The zero-order chi connectivity index (χ0) is 13.2. The molecule has 0 amide bonds. The van der Waals surface area contributed by atoms with Gasteiger partial charge in [-0.3, -0.25) is 9.80 Å². The average Bonchev–Trinajstić information content (AvgIpc) is 2.34. The standard InChI is InChI=1S/C14H19ClFN3/c15-13-7-11(1-2-14(13)16)10-18-3-5-19(6-4-18)12-8-17-9-12/h1-2,7,12,17H,3-6,8-10H2. The second kappa shape index (κ2) is 5.75. The summed E-state index contributed by atoms with van der Waals surface area (Å²) in [7, 11) is 0. The fourth-order valence-electron chi connectivity index (χ4n) is 2.71. The monoisotopic (exact) mass is 283 g/mol. The van der Waals surface area contributed by atoms with Gasteiger partial charge in [0.2, 0.25) is 0 Å². The van der Waals surface area contributed by atoms with E-state index in [1.165, 1.54) is 6.07 Å². The number of piperazine rings is 1. The molecule has 2 fully saturated rings. The summed E-state index contributed by atoms with van der Waals surface area (Å²) < 4.78 is 13.1. The van der Waals surface area contributed by atoms with Gasteiger partial charge < -0.3 is 5.32 Å². The van der Waals surface area contributed by atoms with Gasteiger partial charge in [0.25, 0.3) is 0 Å². The quantitative estimate of drug-likeness (QED) is 0.908. The number of hydrogen-bond acceptors (Lipinski definition) is 3. The van der Waals surface area contributed by atoms with Gasteiger partial charge >= 0.3 is 0 Å². The molecule has 2 saturated heterocycles. The van der Waals surface area contributed by atoms with Crippen molar-refractivity contribution in [2.45, 2.75) is 12.6 Å². The number of nitrogens with zero attached hydrogens (tertiary/aromatic N) is 2. The van der Waals surface area contributed by atoms with Crippen molar-refractivity contribution >= 4 is 11.6 Å². The van der Waals surface area contributed by atoms with Crippen molar-refractivity contribution in [2.75, 3.05) is 39.3 Å². The molecule has 2 heterocycles. The molecule has 0 aliphatic carbocycles. The van der Waals surface area contributed by atoms with Gasteiger partial charge in [0.05, 0.1) is 5.02 Å². The second-order valence-corrected chi connectivity index (χ2v) is 5.78. The van der Waals surface area contributed by atoms with Crippen molar-refractivity contribution in [3.8, 4) is 0 Å². The lowest BCUT2D eigenvalue weighted by molar-refractivity contribution is 0.0695.